The van der Waals surface area contributed by atoms with Gasteiger partial charge in [0.15, 0.2) is 6.23 Å². The van der Waals surface area contributed by atoms with E-state index in [-0.39, 0.29) is 5.46 Å². The molecule has 2 rings (SSSR count). The van der Waals surface area contributed by atoms with Crippen LogP contribution >= 0.6 is 0 Å². The molecule has 1 heterocycles. The Labute approximate surface area is 113 Å². The van der Waals surface area contributed by atoms with E-state index in [9.17, 15) is 8.42 Å². The molecule has 1 aliphatic heterocycles. The molecular formula is C10H14BN2O5S. The summed E-state index contributed by atoms with van der Waals surface area (Å²) in [6.45, 7) is 1.46. The van der Waals surface area contributed by atoms with Gasteiger partial charge in [-0.3, -0.25) is 0 Å². The number of nitrogens with zero attached hydrogens (tertiary/aromatic N) is 1. The number of nitrogens with one attached hydrogen (secondary N) is 1. The van der Waals surface area contributed by atoms with Crippen molar-refractivity contribution in [3.63, 3.8) is 0 Å². The van der Waals surface area contributed by atoms with Crippen LogP contribution in [0.25, 0.3) is 0 Å². The minimum absolute atomic E-state index is 0.219. The molecule has 1 saturated heterocycles. The number of hydrogen-bond acceptors (Lipinski definition) is 6. The summed E-state index contributed by atoms with van der Waals surface area (Å²) in [6.07, 6.45) is -0.641. The van der Waals surface area contributed by atoms with Gasteiger partial charge in [-0.25, -0.2) is 4.31 Å². The highest BCUT2D eigenvalue weighted by atomic mass is 32.2. The highest BCUT2D eigenvalue weighted by Crippen LogP contribution is 2.17. The fourth-order valence-corrected chi connectivity index (χ4v) is 2.49. The van der Waals surface area contributed by atoms with Crippen LogP contribution in [0.3, 0.4) is 0 Å². The molecule has 9 heteroatoms. The summed E-state index contributed by atoms with van der Waals surface area (Å²) in [6, 6.07) is 6.03. The van der Waals surface area contributed by atoms with E-state index in [1.54, 1.807) is 12.1 Å². The van der Waals surface area contributed by atoms with Gasteiger partial charge in [0, 0.05) is 13.1 Å². The number of hydrogen-bond donors (Lipinski definition) is 3. The molecule has 1 aromatic carbocycles. The second-order valence-corrected chi connectivity index (χ2v) is 4.87. The standard InChI is InChI=1S/C10H14BN2O5S/c14-11(15)8-2-1-3-9(6-8)13(19(16)17)10-7-12-4-5-18-10/h1-3,6,10,12,14-15H,4-5,7H2. The lowest BCUT2D eigenvalue weighted by atomic mass is 9.80. The zero-order valence-corrected chi connectivity index (χ0v) is 10.9. The van der Waals surface area contributed by atoms with Crippen LogP contribution in [0.5, 0.6) is 0 Å². The number of morpholine rings is 1. The van der Waals surface area contributed by atoms with E-state index in [0.717, 1.165) is 4.31 Å². The topological polar surface area (TPSA) is 99.1 Å². The first kappa shape index (κ1) is 14.2. The number of benzene rings is 1. The smallest absolute Gasteiger partial charge is 0.423 e. The molecule has 3 N–H and O–H groups in total. The molecule has 0 amide bonds. The highest BCUT2D eigenvalue weighted by Gasteiger charge is 2.26. The van der Waals surface area contributed by atoms with E-state index < -0.39 is 24.2 Å². The van der Waals surface area contributed by atoms with Gasteiger partial charge < -0.3 is 20.1 Å². The maximum Gasteiger partial charge on any atom is 0.488 e. The second-order valence-electron chi connectivity index (χ2n) is 4.04. The Hall–Kier alpha value is -1.26. The van der Waals surface area contributed by atoms with Gasteiger partial charge in [-0.1, -0.05) is 12.1 Å². The van der Waals surface area contributed by atoms with E-state index in [0.29, 0.717) is 25.4 Å². The molecule has 0 saturated carbocycles. The van der Waals surface area contributed by atoms with Crippen molar-refractivity contribution in [2.24, 2.45) is 0 Å². The van der Waals surface area contributed by atoms with Crippen LogP contribution in [0.1, 0.15) is 0 Å². The number of rotatable bonds is 4. The Morgan fingerprint density at radius 2 is 2.21 bits per heavy atom. The molecule has 1 atom stereocenters. The Morgan fingerprint density at radius 1 is 1.42 bits per heavy atom. The summed E-state index contributed by atoms with van der Waals surface area (Å²) >= 11 is 0. The average molecular weight is 285 g/mol. The molecule has 19 heavy (non-hydrogen) atoms. The predicted molar refractivity (Wildman–Crippen MR) is 70.3 cm³/mol. The number of anilines is 1. The maximum absolute atomic E-state index is 11.4. The molecule has 0 aromatic heterocycles. The van der Waals surface area contributed by atoms with E-state index >= 15 is 0 Å². The summed E-state index contributed by atoms with van der Waals surface area (Å²) in [5.74, 6) is 0. The summed E-state index contributed by atoms with van der Waals surface area (Å²) in [7, 11) is -4.16. The summed E-state index contributed by atoms with van der Waals surface area (Å²) in [5, 5.41) is 21.3. The van der Waals surface area contributed by atoms with Crippen LogP contribution in [0, 0.1) is 0 Å². The Bertz CT molecular complexity index is 496. The van der Waals surface area contributed by atoms with Crippen molar-refractivity contribution in [2.75, 3.05) is 24.0 Å². The van der Waals surface area contributed by atoms with Gasteiger partial charge >= 0.3 is 7.12 Å². The van der Waals surface area contributed by atoms with Crippen LogP contribution in [0.4, 0.5) is 5.69 Å². The number of ether oxygens (including phenoxy) is 1. The van der Waals surface area contributed by atoms with E-state index in [1.165, 1.54) is 12.1 Å². The van der Waals surface area contributed by atoms with Crippen LogP contribution in [-0.4, -0.2) is 51.5 Å². The van der Waals surface area contributed by atoms with Gasteiger partial charge in [0.05, 0.1) is 12.3 Å². The van der Waals surface area contributed by atoms with Crippen molar-refractivity contribution in [3.05, 3.63) is 24.3 Å². The third-order valence-electron chi connectivity index (χ3n) is 2.75. The lowest BCUT2D eigenvalue weighted by Gasteiger charge is -2.30. The van der Waals surface area contributed by atoms with Crippen molar-refractivity contribution < 1.29 is 23.2 Å². The van der Waals surface area contributed by atoms with Crippen molar-refractivity contribution in [2.45, 2.75) is 6.23 Å². The fraction of sp³-hybridized carbons (Fsp3) is 0.400. The lowest BCUT2D eigenvalue weighted by Crippen LogP contribution is -2.49. The molecule has 0 aliphatic carbocycles. The summed E-state index contributed by atoms with van der Waals surface area (Å²) < 4.78 is 29.2. The lowest BCUT2D eigenvalue weighted by molar-refractivity contribution is 0.0370. The normalized spacial score (nSPS) is 18.9. The van der Waals surface area contributed by atoms with Crippen molar-refractivity contribution >= 4 is 29.2 Å². The third-order valence-corrected chi connectivity index (χ3v) is 3.52. The first-order chi connectivity index (χ1) is 9.09. The third kappa shape index (κ3) is 3.40. The molecule has 0 spiro atoms. The predicted octanol–water partition coefficient (Wildman–Crippen LogP) is -2.09. The molecule has 0 bridgehead atoms. The van der Waals surface area contributed by atoms with Crippen LogP contribution in [-0.2, 0) is 15.6 Å². The van der Waals surface area contributed by atoms with E-state index in [2.05, 4.69) is 5.32 Å². The fourth-order valence-electron chi connectivity index (χ4n) is 1.87. The SMILES string of the molecule is O=[S](=O)N(c1cccc(B(O)O)c1)C1CNCCO1. The Balaban J connectivity index is 2.30. The minimum atomic E-state index is -2.52. The summed E-state index contributed by atoms with van der Waals surface area (Å²) in [4.78, 5) is 0. The Morgan fingerprint density at radius 3 is 2.79 bits per heavy atom. The van der Waals surface area contributed by atoms with Crippen molar-refractivity contribution in [1.82, 2.24) is 5.32 Å². The minimum Gasteiger partial charge on any atom is -0.423 e. The van der Waals surface area contributed by atoms with Gasteiger partial charge in [-0.15, -0.1) is 0 Å². The zero-order valence-electron chi connectivity index (χ0n) is 10.1. The Kier molecular flexibility index (Phi) is 4.67. The van der Waals surface area contributed by atoms with Crippen LogP contribution in [0.2, 0.25) is 0 Å². The van der Waals surface area contributed by atoms with Crippen LogP contribution < -0.4 is 15.1 Å². The summed E-state index contributed by atoms with van der Waals surface area (Å²) in [5.41, 5.74) is 0.546. The molecule has 1 fully saturated rings. The van der Waals surface area contributed by atoms with Gasteiger partial charge in [-0.05, 0) is 17.6 Å². The molecular weight excluding hydrogens is 271 g/mol. The first-order valence-electron chi connectivity index (χ1n) is 5.76. The van der Waals surface area contributed by atoms with Gasteiger partial charge in [0.25, 0.3) is 10.9 Å². The monoisotopic (exact) mass is 285 g/mol. The van der Waals surface area contributed by atoms with Crippen molar-refractivity contribution in [3.8, 4) is 0 Å². The molecule has 7 nitrogen and oxygen atoms in total. The van der Waals surface area contributed by atoms with Crippen LogP contribution in [0.15, 0.2) is 24.3 Å². The molecule has 1 aromatic rings. The van der Waals surface area contributed by atoms with Crippen molar-refractivity contribution in [1.29, 1.82) is 0 Å². The maximum atomic E-state index is 11.4. The molecule has 1 radical (unpaired) electrons. The molecule has 1 aliphatic rings. The van der Waals surface area contributed by atoms with Gasteiger partial charge in [-0.2, -0.15) is 8.42 Å². The van der Waals surface area contributed by atoms with E-state index in [1.807, 2.05) is 0 Å². The first-order valence-corrected chi connectivity index (χ1v) is 6.80. The van der Waals surface area contributed by atoms with E-state index in [4.69, 9.17) is 14.8 Å². The molecule has 1 unspecified atom stereocenters. The van der Waals surface area contributed by atoms with Gasteiger partial charge in [0.1, 0.15) is 0 Å². The quantitative estimate of drug-likeness (QED) is 0.549. The average Bonchev–Trinajstić information content (AvgIpc) is 2.40. The largest absolute Gasteiger partial charge is 0.488 e. The second kappa shape index (κ2) is 6.26. The molecule has 103 valence electrons. The highest BCUT2D eigenvalue weighted by molar-refractivity contribution is 7.74. The zero-order chi connectivity index (χ0) is 13.8. The van der Waals surface area contributed by atoms with Gasteiger partial charge in [0.2, 0.25) is 0 Å².